The van der Waals surface area contributed by atoms with Gasteiger partial charge in [-0.3, -0.25) is 9.59 Å². The molecule has 142 valence electrons. The molecule has 1 fully saturated rings. The summed E-state index contributed by atoms with van der Waals surface area (Å²) in [6.07, 6.45) is 2.44. The summed E-state index contributed by atoms with van der Waals surface area (Å²) in [7, 11) is 3.17. The molecule has 2 aliphatic rings. The van der Waals surface area contributed by atoms with Gasteiger partial charge in [-0.1, -0.05) is 12.1 Å². The summed E-state index contributed by atoms with van der Waals surface area (Å²) in [5, 5.41) is 4.14. The van der Waals surface area contributed by atoms with Crippen LogP contribution in [0.2, 0.25) is 0 Å². The normalized spacial score (nSPS) is 22.1. The third kappa shape index (κ3) is 3.15. The minimum absolute atomic E-state index is 0.104. The van der Waals surface area contributed by atoms with Gasteiger partial charge < -0.3 is 14.4 Å². The van der Waals surface area contributed by atoms with E-state index in [2.05, 4.69) is 10.1 Å². The number of carbonyl (C=O) groups excluding carboxylic acids is 2. The Labute approximate surface area is 157 Å². The number of hydrogen-bond acceptors (Lipinski definition) is 6. The molecule has 1 spiro atoms. The highest BCUT2D eigenvalue weighted by Gasteiger charge is 2.42. The van der Waals surface area contributed by atoms with Gasteiger partial charge in [0.25, 0.3) is 5.91 Å². The fourth-order valence-corrected chi connectivity index (χ4v) is 3.87. The van der Waals surface area contributed by atoms with Crippen molar-refractivity contribution in [2.45, 2.75) is 31.3 Å². The van der Waals surface area contributed by atoms with Crippen LogP contribution in [0, 0.1) is 0 Å². The number of hydrogen-bond donors (Lipinski definition) is 0. The molecule has 0 N–H and O–H groups in total. The lowest BCUT2D eigenvalue weighted by atomic mass is 9.84. The van der Waals surface area contributed by atoms with Crippen LogP contribution in [-0.4, -0.2) is 57.2 Å². The highest BCUT2D eigenvalue weighted by molar-refractivity contribution is 6.00. The van der Waals surface area contributed by atoms with Crippen LogP contribution >= 0.6 is 0 Å². The van der Waals surface area contributed by atoms with E-state index in [0.717, 1.165) is 12.8 Å². The molecule has 8 nitrogen and oxygen atoms in total. The SMILES string of the molecule is COc1nc(C(=O)N2CCCC3(CC2)CC(=O)c2ccccc2O3)nn1C. The van der Waals surface area contributed by atoms with Gasteiger partial charge in [0.15, 0.2) is 5.78 Å². The Morgan fingerprint density at radius 2 is 2.07 bits per heavy atom. The standard InChI is InChI=1S/C19H22N4O4/c1-22-18(26-2)20-16(21-22)17(25)23-10-5-8-19(9-11-23)12-14(24)13-6-3-4-7-15(13)27-19/h3-4,6-7H,5,8-12H2,1-2H3. The van der Waals surface area contributed by atoms with Crippen LogP contribution in [0.4, 0.5) is 0 Å². The number of fused-ring (bicyclic) bond motifs is 1. The second-order valence-electron chi connectivity index (χ2n) is 7.07. The maximum Gasteiger partial charge on any atom is 0.314 e. The van der Waals surface area contributed by atoms with Crippen molar-refractivity contribution in [1.29, 1.82) is 0 Å². The maximum absolute atomic E-state index is 12.8. The molecular formula is C19H22N4O4. The Hall–Kier alpha value is -2.90. The second kappa shape index (κ2) is 6.68. The zero-order valence-corrected chi connectivity index (χ0v) is 15.5. The number of rotatable bonds is 2. The van der Waals surface area contributed by atoms with Crippen molar-refractivity contribution in [3.8, 4) is 11.8 Å². The Kier molecular flexibility index (Phi) is 4.33. The molecular weight excluding hydrogens is 348 g/mol. The summed E-state index contributed by atoms with van der Waals surface area (Å²) in [4.78, 5) is 31.2. The third-order valence-corrected chi connectivity index (χ3v) is 5.28. The lowest BCUT2D eigenvalue weighted by Crippen LogP contribution is -2.43. The molecule has 2 aliphatic heterocycles. The average molecular weight is 370 g/mol. The molecule has 0 saturated carbocycles. The van der Waals surface area contributed by atoms with Crippen molar-refractivity contribution >= 4 is 11.7 Å². The Morgan fingerprint density at radius 3 is 2.85 bits per heavy atom. The molecule has 0 bridgehead atoms. The highest BCUT2D eigenvalue weighted by atomic mass is 16.5. The van der Waals surface area contributed by atoms with Crippen LogP contribution in [-0.2, 0) is 7.05 Å². The molecule has 1 unspecified atom stereocenters. The summed E-state index contributed by atoms with van der Waals surface area (Å²) in [5.41, 5.74) is 0.0977. The van der Waals surface area contributed by atoms with Gasteiger partial charge in [-0.15, -0.1) is 5.10 Å². The van der Waals surface area contributed by atoms with E-state index >= 15 is 0 Å². The van der Waals surface area contributed by atoms with Crippen LogP contribution in [0.5, 0.6) is 11.8 Å². The van der Waals surface area contributed by atoms with Gasteiger partial charge in [0, 0.05) is 26.6 Å². The number of nitrogens with zero attached hydrogens (tertiary/aromatic N) is 4. The molecule has 27 heavy (non-hydrogen) atoms. The number of likely N-dealkylation sites (tertiary alicyclic amines) is 1. The topological polar surface area (TPSA) is 86.6 Å². The van der Waals surface area contributed by atoms with E-state index in [1.54, 1.807) is 18.0 Å². The van der Waals surface area contributed by atoms with E-state index in [4.69, 9.17) is 9.47 Å². The molecule has 8 heteroatoms. The fourth-order valence-electron chi connectivity index (χ4n) is 3.87. The van der Waals surface area contributed by atoms with Crippen molar-refractivity contribution in [1.82, 2.24) is 19.7 Å². The number of ether oxygens (including phenoxy) is 2. The first kappa shape index (κ1) is 17.5. The van der Waals surface area contributed by atoms with Crippen LogP contribution in [0.25, 0.3) is 0 Å². The molecule has 1 amide bonds. The number of para-hydroxylation sites is 1. The van der Waals surface area contributed by atoms with Crippen molar-refractivity contribution in [2.24, 2.45) is 7.05 Å². The number of benzene rings is 1. The predicted octanol–water partition coefficient (Wildman–Crippen LogP) is 1.85. The largest absolute Gasteiger partial charge is 0.486 e. The molecule has 2 aromatic rings. The Bertz CT molecular complexity index is 894. The quantitative estimate of drug-likeness (QED) is 0.802. The van der Waals surface area contributed by atoms with Gasteiger partial charge in [0.2, 0.25) is 5.82 Å². The van der Waals surface area contributed by atoms with Crippen molar-refractivity contribution in [3.05, 3.63) is 35.7 Å². The van der Waals surface area contributed by atoms with Crippen LogP contribution in [0.3, 0.4) is 0 Å². The van der Waals surface area contributed by atoms with Crippen molar-refractivity contribution in [3.63, 3.8) is 0 Å². The number of aromatic nitrogens is 3. The number of aryl methyl sites for hydroxylation is 1. The first-order valence-corrected chi connectivity index (χ1v) is 9.07. The summed E-state index contributed by atoms with van der Waals surface area (Å²) in [6, 6.07) is 7.66. The molecule has 1 aromatic heterocycles. The molecule has 1 atom stereocenters. The average Bonchev–Trinajstić information content (AvgIpc) is 2.93. The van der Waals surface area contributed by atoms with Gasteiger partial charge in [-0.25, -0.2) is 4.68 Å². The Morgan fingerprint density at radius 1 is 1.26 bits per heavy atom. The predicted molar refractivity (Wildman–Crippen MR) is 96.1 cm³/mol. The van der Waals surface area contributed by atoms with E-state index in [0.29, 0.717) is 43.3 Å². The molecule has 1 aromatic carbocycles. The lowest BCUT2D eigenvalue weighted by Gasteiger charge is -2.37. The second-order valence-corrected chi connectivity index (χ2v) is 7.07. The first-order chi connectivity index (χ1) is 13.0. The fraction of sp³-hybridized carbons (Fsp3) is 0.474. The van der Waals surface area contributed by atoms with Gasteiger partial charge in [-0.05, 0) is 25.0 Å². The smallest absolute Gasteiger partial charge is 0.314 e. The van der Waals surface area contributed by atoms with Crippen molar-refractivity contribution in [2.75, 3.05) is 20.2 Å². The number of ketones is 1. The van der Waals surface area contributed by atoms with Crippen LogP contribution in [0.1, 0.15) is 46.7 Å². The van der Waals surface area contributed by atoms with Gasteiger partial charge in [0.1, 0.15) is 11.4 Å². The van der Waals surface area contributed by atoms with Crippen LogP contribution in [0.15, 0.2) is 24.3 Å². The van der Waals surface area contributed by atoms with E-state index in [-0.39, 0.29) is 17.5 Å². The zero-order chi connectivity index (χ0) is 19.0. The van der Waals surface area contributed by atoms with Crippen LogP contribution < -0.4 is 9.47 Å². The van der Waals surface area contributed by atoms with Gasteiger partial charge in [0.05, 0.1) is 19.1 Å². The summed E-state index contributed by atoms with van der Waals surface area (Å²) in [5.74, 6) is 0.641. The van der Waals surface area contributed by atoms with Crippen molar-refractivity contribution < 1.29 is 19.1 Å². The highest BCUT2D eigenvalue weighted by Crippen LogP contribution is 2.39. The minimum Gasteiger partial charge on any atom is -0.486 e. The number of methoxy groups -OCH3 is 1. The van der Waals surface area contributed by atoms with Gasteiger partial charge in [-0.2, -0.15) is 4.98 Å². The molecule has 3 heterocycles. The van der Waals surface area contributed by atoms with E-state index < -0.39 is 5.60 Å². The zero-order valence-electron chi connectivity index (χ0n) is 15.5. The molecule has 4 rings (SSSR count). The monoisotopic (exact) mass is 370 g/mol. The first-order valence-electron chi connectivity index (χ1n) is 9.07. The Balaban J connectivity index is 1.51. The molecule has 0 aliphatic carbocycles. The lowest BCUT2D eigenvalue weighted by molar-refractivity contribution is 0.0299. The van der Waals surface area contributed by atoms with E-state index in [1.165, 1.54) is 11.8 Å². The molecule has 1 saturated heterocycles. The molecule has 0 radical (unpaired) electrons. The van der Waals surface area contributed by atoms with E-state index in [9.17, 15) is 9.59 Å². The maximum atomic E-state index is 12.8. The number of amides is 1. The minimum atomic E-state index is -0.546. The van der Waals surface area contributed by atoms with Gasteiger partial charge >= 0.3 is 6.01 Å². The summed E-state index contributed by atoms with van der Waals surface area (Å²) >= 11 is 0. The van der Waals surface area contributed by atoms with E-state index in [1.807, 2.05) is 18.2 Å². The number of carbonyl (C=O) groups is 2. The third-order valence-electron chi connectivity index (χ3n) is 5.28. The summed E-state index contributed by atoms with van der Waals surface area (Å²) < 4.78 is 12.8. The number of Topliss-reactive ketones (excluding diaryl/α,β-unsaturated/α-hetero) is 1. The summed E-state index contributed by atoms with van der Waals surface area (Å²) in [6.45, 7) is 1.08.